The molecule has 0 aromatic heterocycles. The highest BCUT2D eigenvalue weighted by atomic mass is 35.5. The highest BCUT2D eigenvalue weighted by Crippen LogP contribution is 2.11. The van der Waals surface area contributed by atoms with Crippen LogP contribution in [0.25, 0.3) is 0 Å². The molecule has 0 saturated carbocycles. The lowest BCUT2D eigenvalue weighted by molar-refractivity contribution is 0.132. The summed E-state index contributed by atoms with van der Waals surface area (Å²) in [5.41, 5.74) is 1.58. The van der Waals surface area contributed by atoms with Gasteiger partial charge in [0.1, 0.15) is 12.4 Å². The van der Waals surface area contributed by atoms with Gasteiger partial charge in [0.15, 0.2) is 0 Å². The maximum Gasteiger partial charge on any atom is 0.142 e. The molecule has 2 rings (SSSR count). The second-order valence-corrected chi connectivity index (χ2v) is 4.13. The zero-order valence-corrected chi connectivity index (χ0v) is 10.3. The lowest BCUT2D eigenvalue weighted by atomic mass is 10.2. The molecule has 0 N–H and O–H groups in total. The van der Waals surface area contributed by atoms with Crippen LogP contribution in [0.1, 0.15) is 11.1 Å². The van der Waals surface area contributed by atoms with E-state index in [-0.39, 0.29) is 5.82 Å². The summed E-state index contributed by atoms with van der Waals surface area (Å²) in [5, 5.41) is 4.43. The summed E-state index contributed by atoms with van der Waals surface area (Å²) in [4.78, 5) is 5.11. The third-order valence-corrected chi connectivity index (χ3v) is 2.48. The van der Waals surface area contributed by atoms with Crippen LogP contribution in [-0.2, 0) is 11.4 Å². The van der Waals surface area contributed by atoms with Gasteiger partial charge in [0.25, 0.3) is 0 Å². The minimum Gasteiger partial charge on any atom is -0.391 e. The van der Waals surface area contributed by atoms with Crippen molar-refractivity contribution in [3.05, 3.63) is 70.5 Å². The van der Waals surface area contributed by atoms with E-state index in [9.17, 15) is 4.39 Å². The molecule has 0 aliphatic heterocycles. The molecular weight excluding hydrogens is 253 g/mol. The number of halogens is 2. The van der Waals surface area contributed by atoms with Crippen molar-refractivity contribution in [1.29, 1.82) is 0 Å². The molecule has 18 heavy (non-hydrogen) atoms. The molecule has 0 radical (unpaired) electrons. The van der Waals surface area contributed by atoms with Gasteiger partial charge in [-0.05, 0) is 35.4 Å². The highest BCUT2D eigenvalue weighted by Gasteiger charge is 1.94. The zero-order valence-electron chi connectivity index (χ0n) is 9.51. The molecule has 0 amide bonds. The molecule has 0 bridgehead atoms. The lowest BCUT2D eigenvalue weighted by Crippen LogP contribution is -1.88. The van der Waals surface area contributed by atoms with Gasteiger partial charge in [0.05, 0.1) is 6.21 Å². The van der Waals surface area contributed by atoms with E-state index in [1.807, 2.05) is 12.1 Å². The second kappa shape index (κ2) is 6.17. The summed E-state index contributed by atoms with van der Waals surface area (Å²) in [6.07, 6.45) is 1.47. The summed E-state index contributed by atoms with van der Waals surface area (Å²) in [6.45, 7) is 0.326. The zero-order chi connectivity index (χ0) is 12.8. The minimum atomic E-state index is -0.297. The molecule has 0 fully saturated rings. The number of hydrogen-bond acceptors (Lipinski definition) is 2. The monoisotopic (exact) mass is 263 g/mol. The summed E-state index contributed by atoms with van der Waals surface area (Å²) < 4.78 is 12.9. The van der Waals surface area contributed by atoms with Crippen LogP contribution in [0.2, 0.25) is 5.02 Å². The smallest absolute Gasteiger partial charge is 0.142 e. The minimum absolute atomic E-state index is 0.297. The quantitative estimate of drug-likeness (QED) is 0.603. The Labute approximate surface area is 110 Å². The van der Waals surface area contributed by atoms with Crippen molar-refractivity contribution in [2.24, 2.45) is 5.16 Å². The molecule has 2 aromatic carbocycles. The fourth-order valence-electron chi connectivity index (χ4n) is 1.42. The third kappa shape index (κ3) is 3.86. The fourth-order valence-corrected chi connectivity index (χ4v) is 1.64. The first-order valence-electron chi connectivity index (χ1n) is 5.39. The Kier molecular flexibility index (Phi) is 4.31. The summed E-state index contributed by atoms with van der Waals surface area (Å²) in [6, 6.07) is 13.5. The van der Waals surface area contributed by atoms with Crippen molar-refractivity contribution in [3.63, 3.8) is 0 Å². The second-order valence-electron chi connectivity index (χ2n) is 3.69. The molecule has 0 atom stereocenters. The molecule has 0 saturated heterocycles. The average molecular weight is 264 g/mol. The SMILES string of the molecule is Fc1cccc(C=NOCc2cccc(Cl)c2)c1. The van der Waals surface area contributed by atoms with E-state index in [0.29, 0.717) is 17.2 Å². The third-order valence-electron chi connectivity index (χ3n) is 2.25. The van der Waals surface area contributed by atoms with Crippen molar-refractivity contribution < 1.29 is 9.23 Å². The van der Waals surface area contributed by atoms with Crippen molar-refractivity contribution >= 4 is 17.8 Å². The summed E-state index contributed by atoms with van der Waals surface area (Å²) in [7, 11) is 0. The maximum absolute atomic E-state index is 12.9. The fraction of sp³-hybridized carbons (Fsp3) is 0.0714. The Morgan fingerprint density at radius 1 is 1.17 bits per heavy atom. The van der Waals surface area contributed by atoms with Crippen LogP contribution in [0, 0.1) is 5.82 Å². The van der Waals surface area contributed by atoms with Crippen molar-refractivity contribution in [3.8, 4) is 0 Å². The van der Waals surface area contributed by atoms with Crippen molar-refractivity contribution in [1.82, 2.24) is 0 Å². The predicted octanol–water partition coefficient (Wildman–Crippen LogP) is 4.03. The Morgan fingerprint density at radius 3 is 2.78 bits per heavy atom. The molecule has 0 heterocycles. The first-order chi connectivity index (χ1) is 8.74. The predicted molar refractivity (Wildman–Crippen MR) is 70.2 cm³/mol. The van der Waals surface area contributed by atoms with Crippen LogP contribution in [0.4, 0.5) is 4.39 Å². The van der Waals surface area contributed by atoms with Gasteiger partial charge in [-0.1, -0.05) is 41.0 Å². The summed E-state index contributed by atoms with van der Waals surface area (Å²) >= 11 is 5.84. The Bertz CT molecular complexity index is 557. The van der Waals surface area contributed by atoms with E-state index in [1.54, 1.807) is 24.3 Å². The molecular formula is C14H11ClFNO. The number of nitrogens with zero attached hydrogens (tertiary/aromatic N) is 1. The molecule has 4 heteroatoms. The molecule has 0 aliphatic carbocycles. The van der Waals surface area contributed by atoms with E-state index in [0.717, 1.165) is 5.56 Å². The van der Waals surface area contributed by atoms with Gasteiger partial charge >= 0.3 is 0 Å². The Morgan fingerprint density at radius 2 is 2.00 bits per heavy atom. The topological polar surface area (TPSA) is 21.6 Å². The largest absolute Gasteiger partial charge is 0.391 e. The van der Waals surface area contributed by atoms with Crippen molar-refractivity contribution in [2.45, 2.75) is 6.61 Å². The molecule has 0 aliphatic rings. The van der Waals surface area contributed by atoms with E-state index < -0.39 is 0 Å². The lowest BCUT2D eigenvalue weighted by Gasteiger charge is -2.00. The van der Waals surface area contributed by atoms with E-state index in [2.05, 4.69) is 5.16 Å². The van der Waals surface area contributed by atoms with Crippen LogP contribution in [0.5, 0.6) is 0 Å². The van der Waals surface area contributed by atoms with Gasteiger partial charge in [-0.2, -0.15) is 0 Å². The highest BCUT2D eigenvalue weighted by molar-refractivity contribution is 6.30. The van der Waals surface area contributed by atoms with Gasteiger partial charge in [-0.3, -0.25) is 0 Å². The van der Waals surface area contributed by atoms with Gasteiger partial charge in [-0.25, -0.2) is 4.39 Å². The molecule has 92 valence electrons. The van der Waals surface area contributed by atoms with Gasteiger partial charge in [0.2, 0.25) is 0 Å². The maximum atomic E-state index is 12.9. The molecule has 2 aromatic rings. The summed E-state index contributed by atoms with van der Waals surface area (Å²) in [5.74, 6) is -0.297. The number of oxime groups is 1. The normalized spacial score (nSPS) is 10.8. The Balaban J connectivity index is 1.89. The number of rotatable bonds is 4. The number of hydrogen-bond donors (Lipinski definition) is 0. The van der Waals surface area contributed by atoms with Crippen LogP contribution in [-0.4, -0.2) is 6.21 Å². The Hall–Kier alpha value is -1.87. The van der Waals surface area contributed by atoms with Crippen LogP contribution >= 0.6 is 11.6 Å². The van der Waals surface area contributed by atoms with Crippen LogP contribution in [0.15, 0.2) is 53.7 Å². The van der Waals surface area contributed by atoms with Gasteiger partial charge < -0.3 is 4.84 Å². The first kappa shape index (κ1) is 12.6. The molecule has 2 nitrogen and oxygen atoms in total. The molecule has 0 unspecified atom stereocenters. The van der Waals surface area contributed by atoms with E-state index in [1.165, 1.54) is 18.3 Å². The van der Waals surface area contributed by atoms with E-state index >= 15 is 0 Å². The first-order valence-corrected chi connectivity index (χ1v) is 5.77. The standard InChI is InChI=1S/C14H11ClFNO/c15-13-5-1-4-12(7-13)10-18-17-9-11-3-2-6-14(16)8-11/h1-9H,10H2. The van der Waals surface area contributed by atoms with Gasteiger partial charge in [-0.15, -0.1) is 0 Å². The van der Waals surface area contributed by atoms with Crippen LogP contribution < -0.4 is 0 Å². The molecule has 0 spiro atoms. The van der Waals surface area contributed by atoms with Crippen LogP contribution in [0.3, 0.4) is 0 Å². The van der Waals surface area contributed by atoms with E-state index in [4.69, 9.17) is 16.4 Å². The average Bonchev–Trinajstić information content (AvgIpc) is 2.35. The number of benzene rings is 2. The van der Waals surface area contributed by atoms with Gasteiger partial charge in [0, 0.05) is 5.02 Å². The van der Waals surface area contributed by atoms with Crippen molar-refractivity contribution in [2.75, 3.05) is 0 Å².